The van der Waals surface area contributed by atoms with E-state index in [2.05, 4.69) is 6.92 Å². The molecule has 1 saturated heterocycles. The summed E-state index contributed by atoms with van der Waals surface area (Å²) in [6.45, 7) is 13.4. The maximum absolute atomic E-state index is 12.8. The third-order valence-corrected chi connectivity index (χ3v) is 4.72. The van der Waals surface area contributed by atoms with Crippen molar-refractivity contribution in [3.63, 3.8) is 0 Å². The first kappa shape index (κ1) is 27.4. The number of hydrogen-bond acceptors (Lipinski definition) is 8. The lowest BCUT2D eigenvalue weighted by Crippen LogP contribution is -2.46. The molecule has 0 bridgehead atoms. The van der Waals surface area contributed by atoms with E-state index in [9.17, 15) is 14.4 Å². The molecular formula is C23H40O8. The van der Waals surface area contributed by atoms with Crippen LogP contribution < -0.4 is 0 Å². The summed E-state index contributed by atoms with van der Waals surface area (Å²) in [4.78, 5) is 37.3. The van der Waals surface area contributed by atoms with Gasteiger partial charge in [-0.25, -0.2) is 0 Å². The second kappa shape index (κ2) is 13.0. The number of ether oxygens (including phenoxy) is 5. The molecule has 0 aliphatic carbocycles. The summed E-state index contributed by atoms with van der Waals surface area (Å²) in [5.41, 5.74) is -0.648. The Hall–Kier alpha value is -1.67. The molecule has 0 saturated carbocycles. The van der Waals surface area contributed by atoms with E-state index in [-0.39, 0.29) is 24.9 Å². The number of hydrogen-bond donors (Lipinski definition) is 0. The van der Waals surface area contributed by atoms with Crippen molar-refractivity contribution < 1.29 is 38.1 Å². The van der Waals surface area contributed by atoms with Gasteiger partial charge in [0.2, 0.25) is 0 Å². The second-order valence-electron chi connectivity index (χ2n) is 9.31. The van der Waals surface area contributed by atoms with Crippen molar-refractivity contribution in [3.05, 3.63) is 0 Å². The quantitative estimate of drug-likeness (QED) is 0.319. The Morgan fingerprint density at radius 3 is 2.48 bits per heavy atom. The summed E-state index contributed by atoms with van der Waals surface area (Å²) in [5, 5.41) is 0. The lowest BCUT2D eigenvalue weighted by molar-refractivity contribution is -0.190. The third kappa shape index (κ3) is 10.5. The van der Waals surface area contributed by atoms with Crippen molar-refractivity contribution in [2.75, 3.05) is 19.8 Å². The van der Waals surface area contributed by atoms with Gasteiger partial charge in [0, 0.05) is 19.6 Å². The van der Waals surface area contributed by atoms with Crippen LogP contribution in [0.2, 0.25) is 0 Å². The van der Waals surface area contributed by atoms with Gasteiger partial charge in [0.05, 0.1) is 24.9 Å². The van der Waals surface area contributed by atoms with Gasteiger partial charge >= 0.3 is 17.9 Å². The van der Waals surface area contributed by atoms with E-state index < -0.39 is 41.8 Å². The average Bonchev–Trinajstić information content (AvgIpc) is 2.64. The van der Waals surface area contributed by atoms with Gasteiger partial charge in [0.15, 0.2) is 6.10 Å². The van der Waals surface area contributed by atoms with E-state index in [4.69, 9.17) is 23.7 Å². The Bertz CT molecular complexity index is 581. The van der Waals surface area contributed by atoms with Gasteiger partial charge in [0.25, 0.3) is 0 Å². The van der Waals surface area contributed by atoms with Crippen molar-refractivity contribution in [2.45, 2.75) is 98.1 Å². The topological polar surface area (TPSA) is 97.4 Å². The molecule has 31 heavy (non-hydrogen) atoms. The molecule has 0 spiro atoms. The molecule has 180 valence electrons. The molecule has 1 fully saturated rings. The minimum atomic E-state index is -0.795. The molecule has 8 nitrogen and oxygen atoms in total. The van der Waals surface area contributed by atoms with Crippen LogP contribution in [0.4, 0.5) is 0 Å². The molecule has 1 heterocycles. The summed E-state index contributed by atoms with van der Waals surface area (Å²) < 4.78 is 28.3. The fraction of sp³-hybridized carbons (Fsp3) is 0.870. The maximum Gasteiger partial charge on any atom is 0.312 e. The Morgan fingerprint density at radius 1 is 1.23 bits per heavy atom. The number of carbonyl (C=O) groups excluding carboxylic acids is 3. The minimum Gasteiger partial charge on any atom is -0.460 e. The smallest absolute Gasteiger partial charge is 0.312 e. The van der Waals surface area contributed by atoms with Crippen LogP contribution in [0, 0.1) is 11.8 Å². The third-order valence-electron chi connectivity index (χ3n) is 4.72. The molecule has 0 N–H and O–H groups in total. The van der Waals surface area contributed by atoms with Gasteiger partial charge in [-0.3, -0.25) is 14.4 Å². The summed E-state index contributed by atoms with van der Waals surface area (Å²) in [6.07, 6.45) is 0.210. The molecule has 0 aromatic carbocycles. The van der Waals surface area contributed by atoms with E-state index in [0.29, 0.717) is 19.6 Å². The Kier molecular flexibility index (Phi) is 11.5. The highest BCUT2D eigenvalue weighted by Gasteiger charge is 2.37. The molecule has 0 aromatic rings. The minimum absolute atomic E-state index is 0.0446. The average molecular weight is 445 g/mol. The van der Waals surface area contributed by atoms with Crippen LogP contribution >= 0.6 is 0 Å². The molecule has 1 aliphatic heterocycles. The zero-order valence-corrected chi connectivity index (χ0v) is 20.1. The van der Waals surface area contributed by atoms with Crippen molar-refractivity contribution in [3.8, 4) is 0 Å². The van der Waals surface area contributed by atoms with Gasteiger partial charge in [-0.1, -0.05) is 27.2 Å². The van der Waals surface area contributed by atoms with Crippen molar-refractivity contribution in [2.24, 2.45) is 11.8 Å². The van der Waals surface area contributed by atoms with E-state index in [1.165, 1.54) is 0 Å². The fourth-order valence-electron chi connectivity index (χ4n) is 3.03. The van der Waals surface area contributed by atoms with Crippen LogP contribution in [-0.2, 0) is 38.1 Å². The lowest BCUT2D eigenvalue weighted by Gasteiger charge is -2.33. The Labute approximate surface area is 186 Å². The summed E-state index contributed by atoms with van der Waals surface area (Å²) in [6, 6.07) is 0. The first-order valence-electron chi connectivity index (χ1n) is 11.3. The number of carbonyl (C=O) groups is 3. The SMILES string of the molecule is CCCCO[C@H]1CCOC[C@H](CC(=O)OC(C)(C)C)C(=O)O[C@@H](C)[C@@H]1OC(=O)C(C)C. The molecule has 0 unspecified atom stereocenters. The van der Waals surface area contributed by atoms with Crippen LogP contribution in [0.25, 0.3) is 0 Å². The molecular weight excluding hydrogens is 404 g/mol. The molecule has 8 heteroatoms. The summed E-state index contributed by atoms with van der Waals surface area (Å²) >= 11 is 0. The van der Waals surface area contributed by atoms with Crippen LogP contribution in [0.5, 0.6) is 0 Å². The zero-order chi connectivity index (χ0) is 23.6. The van der Waals surface area contributed by atoms with Crippen LogP contribution in [0.1, 0.15) is 74.1 Å². The largest absolute Gasteiger partial charge is 0.460 e. The maximum atomic E-state index is 12.8. The van der Waals surface area contributed by atoms with Crippen LogP contribution in [0.3, 0.4) is 0 Å². The van der Waals surface area contributed by atoms with Crippen molar-refractivity contribution >= 4 is 17.9 Å². The summed E-state index contributed by atoms with van der Waals surface area (Å²) in [7, 11) is 0. The first-order valence-corrected chi connectivity index (χ1v) is 11.3. The predicted octanol–water partition coefficient (Wildman–Crippen LogP) is 3.44. The molecule has 1 rings (SSSR count). The van der Waals surface area contributed by atoms with Gasteiger partial charge < -0.3 is 23.7 Å². The van der Waals surface area contributed by atoms with Gasteiger partial charge in [-0.2, -0.15) is 0 Å². The Morgan fingerprint density at radius 2 is 1.90 bits per heavy atom. The van der Waals surface area contributed by atoms with Crippen molar-refractivity contribution in [1.82, 2.24) is 0 Å². The van der Waals surface area contributed by atoms with E-state index in [1.54, 1.807) is 41.5 Å². The Balaban J connectivity index is 2.95. The monoisotopic (exact) mass is 444 g/mol. The lowest BCUT2D eigenvalue weighted by atomic mass is 10.0. The standard InChI is InChI=1S/C23H40O8/c1-8-9-11-28-18-10-12-27-14-17(13-19(24)31-23(5,6)7)22(26)29-16(4)20(18)30-21(25)15(2)3/h15-18,20H,8-14H2,1-7H3/t16-,17-,18-,20-/m0/s1. The number of esters is 3. The van der Waals surface area contributed by atoms with E-state index >= 15 is 0 Å². The highest BCUT2D eigenvalue weighted by Crippen LogP contribution is 2.22. The molecule has 4 atom stereocenters. The van der Waals surface area contributed by atoms with Gasteiger partial charge in [0.1, 0.15) is 17.8 Å². The summed E-state index contributed by atoms with van der Waals surface area (Å²) in [5.74, 6) is -2.59. The van der Waals surface area contributed by atoms with E-state index in [0.717, 1.165) is 12.8 Å². The molecule has 0 aromatic heterocycles. The van der Waals surface area contributed by atoms with Crippen LogP contribution in [-0.4, -0.2) is 61.6 Å². The van der Waals surface area contributed by atoms with E-state index in [1.807, 2.05) is 0 Å². The second-order valence-corrected chi connectivity index (χ2v) is 9.31. The predicted molar refractivity (Wildman–Crippen MR) is 114 cm³/mol. The number of cyclic esters (lactones) is 1. The van der Waals surface area contributed by atoms with Gasteiger partial charge in [-0.05, 0) is 34.1 Å². The molecule has 0 radical (unpaired) electrons. The molecule has 0 amide bonds. The van der Waals surface area contributed by atoms with Gasteiger partial charge in [-0.15, -0.1) is 0 Å². The fourth-order valence-corrected chi connectivity index (χ4v) is 3.03. The molecule has 1 aliphatic rings. The highest BCUT2D eigenvalue weighted by atomic mass is 16.6. The normalized spacial score (nSPS) is 25.6. The van der Waals surface area contributed by atoms with Crippen LogP contribution in [0.15, 0.2) is 0 Å². The highest BCUT2D eigenvalue weighted by molar-refractivity contribution is 5.80. The van der Waals surface area contributed by atoms with Crippen molar-refractivity contribution in [1.29, 1.82) is 0 Å². The number of rotatable bonds is 8. The first-order chi connectivity index (χ1) is 14.4. The number of unbranched alkanes of at least 4 members (excludes halogenated alkanes) is 1. The zero-order valence-electron chi connectivity index (χ0n) is 20.1.